The molecule has 46 heavy (non-hydrogen) atoms. The van der Waals surface area contributed by atoms with Crippen molar-refractivity contribution in [3.8, 4) is 5.75 Å². The van der Waals surface area contributed by atoms with E-state index < -0.39 is 11.7 Å². The minimum absolute atomic E-state index is 0.123. The van der Waals surface area contributed by atoms with Crippen LogP contribution in [-0.2, 0) is 9.53 Å². The highest BCUT2D eigenvalue weighted by Gasteiger charge is 2.42. The molecule has 0 aliphatic carbocycles. The Labute approximate surface area is 272 Å². The summed E-state index contributed by atoms with van der Waals surface area (Å²) in [6.07, 6.45) is 7.51. The number of amides is 2. The zero-order valence-electron chi connectivity index (χ0n) is 28.6. The van der Waals surface area contributed by atoms with Crippen molar-refractivity contribution < 1.29 is 23.6 Å². The highest BCUT2D eigenvalue weighted by Crippen LogP contribution is 2.30. The van der Waals surface area contributed by atoms with Gasteiger partial charge in [0.1, 0.15) is 5.60 Å². The first-order chi connectivity index (χ1) is 21.9. The number of nitrogens with zero attached hydrogens (tertiary/aromatic N) is 7. The second-order valence-corrected chi connectivity index (χ2v) is 14.7. The predicted molar refractivity (Wildman–Crippen MR) is 174 cm³/mol. The van der Waals surface area contributed by atoms with Crippen LogP contribution in [0.15, 0.2) is 16.9 Å². The smallest absolute Gasteiger partial charge is 0.408 e. The minimum Gasteiger partial charge on any atom is -0.490 e. The molecule has 3 aliphatic rings. The van der Waals surface area contributed by atoms with Crippen LogP contribution in [-0.4, -0.2) is 94.0 Å². The molecule has 4 atom stereocenters. The molecule has 5 rings (SSSR count). The van der Waals surface area contributed by atoms with Gasteiger partial charge in [-0.25, -0.2) is 14.8 Å². The number of ether oxygens (including phenoxy) is 2. The molecule has 0 unspecified atom stereocenters. The molecule has 3 fully saturated rings. The second kappa shape index (κ2) is 14.4. The lowest BCUT2D eigenvalue weighted by molar-refractivity contribution is -0.137. The minimum atomic E-state index is -0.615. The van der Waals surface area contributed by atoms with Gasteiger partial charge in [0.15, 0.2) is 11.6 Å². The zero-order chi connectivity index (χ0) is 33.0. The maximum atomic E-state index is 13.0. The standard InChI is InChI=1S/C33H52N8O5/c1-21(2)29-37-31(46-38-29)39-12-9-24(10-13-39)23(4)11-15-44-25-17-34-30(35-18-25)40-19-26(36-32(43)45-33(5,6)7)27(20-40)41-14-8-22(3)16-28(41)42/h17-18,21-24,26-27H,8-16,19-20H2,1-7H3,(H,36,43)/t22-,23+,26-,27-/m0/s1. The van der Waals surface area contributed by atoms with Crippen LogP contribution < -0.4 is 19.9 Å². The van der Waals surface area contributed by atoms with Crippen LogP contribution >= 0.6 is 0 Å². The number of likely N-dealkylation sites (tertiary alicyclic amines) is 1. The van der Waals surface area contributed by atoms with Crippen LogP contribution in [0.3, 0.4) is 0 Å². The molecule has 5 heterocycles. The van der Waals surface area contributed by atoms with Crippen LogP contribution in [0.2, 0.25) is 0 Å². The van der Waals surface area contributed by atoms with E-state index >= 15 is 0 Å². The van der Waals surface area contributed by atoms with Crippen LogP contribution in [0, 0.1) is 17.8 Å². The molecule has 0 bridgehead atoms. The van der Waals surface area contributed by atoms with E-state index in [0.29, 0.717) is 68.1 Å². The lowest BCUT2D eigenvalue weighted by Crippen LogP contribution is -2.55. The monoisotopic (exact) mass is 640 g/mol. The Morgan fingerprint density at radius 2 is 1.78 bits per heavy atom. The quantitative estimate of drug-likeness (QED) is 0.388. The normalized spacial score (nSPS) is 23.6. The van der Waals surface area contributed by atoms with Crippen molar-refractivity contribution in [2.75, 3.05) is 49.1 Å². The van der Waals surface area contributed by atoms with Crippen molar-refractivity contribution in [1.29, 1.82) is 0 Å². The number of alkyl carbamates (subject to hydrolysis) is 1. The van der Waals surface area contributed by atoms with E-state index in [-0.39, 0.29) is 23.9 Å². The molecule has 13 heteroatoms. The Morgan fingerprint density at radius 1 is 1.07 bits per heavy atom. The van der Waals surface area contributed by atoms with E-state index in [0.717, 1.165) is 44.6 Å². The summed E-state index contributed by atoms with van der Waals surface area (Å²) in [4.78, 5) is 45.6. The van der Waals surface area contributed by atoms with Gasteiger partial charge in [0.05, 0.1) is 31.1 Å². The highest BCUT2D eigenvalue weighted by molar-refractivity contribution is 5.78. The molecule has 0 aromatic carbocycles. The Balaban J connectivity index is 1.11. The molecule has 254 valence electrons. The molecule has 2 aromatic rings. The van der Waals surface area contributed by atoms with E-state index in [4.69, 9.17) is 14.0 Å². The molecule has 3 saturated heterocycles. The van der Waals surface area contributed by atoms with Gasteiger partial charge in [0.2, 0.25) is 11.9 Å². The van der Waals surface area contributed by atoms with Crippen molar-refractivity contribution in [2.24, 2.45) is 17.8 Å². The highest BCUT2D eigenvalue weighted by atomic mass is 16.6. The number of hydrogen-bond acceptors (Lipinski definition) is 11. The molecule has 3 aliphatic heterocycles. The van der Waals surface area contributed by atoms with Crippen LogP contribution in [0.5, 0.6) is 5.75 Å². The van der Waals surface area contributed by atoms with Crippen molar-refractivity contribution in [3.05, 3.63) is 18.2 Å². The number of hydrogen-bond donors (Lipinski definition) is 1. The number of piperidine rings is 2. The molecule has 0 radical (unpaired) electrons. The Morgan fingerprint density at radius 3 is 2.41 bits per heavy atom. The largest absolute Gasteiger partial charge is 0.490 e. The summed E-state index contributed by atoms with van der Waals surface area (Å²) in [5.74, 6) is 3.81. The molecule has 13 nitrogen and oxygen atoms in total. The van der Waals surface area contributed by atoms with E-state index in [2.05, 4.69) is 58.0 Å². The summed E-state index contributed by atoms with van der Waals surface area (Å²) in [5.41, 5.74) is -0.615. The van der Waals surface area contributed by atoms with Crippen LogP contribution in [0.25, 0.3) is 0 Å². The third-order valence-corrected chi connectivity index (χ3v) is 9.40. The second-order valence-electron chi connectivity index (χ2n) is 14.7. The Bertz CT molecular complexity index is 1300. The van der Waals surface area contributed by atoms with Gasteiger partial charge in [-0.3, -0.25) is 4.79 Å². The van der Waals surface area contributed by atoms with Gasteiger partial charge < -0.3 is 34.0 Å². The number of carbonyl (C=O) groups excluding carboxylic acids is 2. The summed E-state index contributed by atoms with van der Waals surface area (Å²) in [6, 6.07) is 0.144. The number of rotatable bonds is 10. The summed E-state index contributed by atoms with van der Waals surface area (Å²) >= 11 is 0. The predicted octanol–water partition coefficient (Wildman–Crippen LogP) is 4.65. The first kappa shape index (κ1) is 33.7. The zero-order valence-corrected chi connectivity index (χ0v) is 28.6. The fourth-order valence-corrected chi connectivity index (χ4v) is 6.61. The Hall–Kier alpha value is -3.64. The van der Waals surface area contributed by atoms with Crippen molar-refractivity contribution in [3.63, 3.8) is 0 Å². The third kappa shape index (κ3) is 8.58. The lowest BCUT2D eigenvalue weighted by Gasteiger charge is -2.37. The molecule has 2 amide bonds. The maximum Gasteiger partial charge on any atom is 0.408 e. The molecule has 0 saturated carbocycles. The maximum absolute atomic E-state index is 13.0. The number of nitrogens with one attached hydrogen (secondary N) is 1. The van der Waals surface area contributed by atoms with E-state index in [1.807, 2.05) is 30.6 Å². The van der Waals surface area contributed by atoms with Crippen molar-refractivity contribution >= 4 is 24.0 Å². The number of carbonyl (C=O) groups is 2. The van der Waals surface area contributed by atoms with Crippen LogP contribution in [0.1, 0.15) is 92.3 Å². The summed E-state index contributed by atoms with van der Waals surface area (Å²) in [6.45, 7) is 18.2. The van der Waals surface area contributed by atoms with Gasteiger partial charge >= 0.3 is 12.1 Å². The molecule has 1 N–H and O–H groups in total. The average molecular weight is 641 g/mol. The summed E-state index contributed by atoms with van der Waals surface area (Å²) < 4.78 is 17.1. The molecule has 2 aromatic heterocycles. The Kier molecular flexibility index (Phi) is 10.6. The van der Waals surface area contributed by atoms with Gasteiger partial charge in [0, 0.05) is 45.1 Å². The summed E-state index contributed by atoms with van der Waals surface area (Å²) in [5, 5.41) is 7.12. The van der Waals surface area contributed by atoms with Gasteiger partial charge in [-0.1, -0.05) is 32.9 Å². The van der Waals surface area contributed by atoms with E-state index in [9.17, 15) is 9.59 Å². The van der Waals surface area contributed by atoms with Gasteiger partial charge in [-0.15, -0.1) is 0 Å². The van der Waals surface area contributed by atoms with Crippen LogP contribution in [0.4, 0.5) is 16.8 Å². The van der Waals surface area contributed by atoms with Gasteiger partial charge in [-0.05, 0) is 64.2 Å². The first-order valence-corrected chi connectivity index (χ1v) is 16.9. The lowest BCUT2D eigenvalue weighted by atomic mass is 9.84. The number of aromatic nitrogens is 4. The first-order valence-electron chi connectivity index (χ1n) is 16.9. The molecule has 0 spiro atoms. The molecular weight excluding hydrogens is 588 g/mol. The van der Waals surface area contributed by atoms with Crippen molar-refractivity contribution in [1.82, 2.24) is 30.3 Å². The average Bonchev–Trinajstić information content (AvgIpc) is 3.65. The van der Waals surface area contributed by atoms with E-state index in [1.54, 1.807) is 12.4 Å². The SMILES string of the molecule is CC(C)c1noc(N2CCC([C@H](C)CCOc3cnc(N4C[C@H](NC(=O)OC(C)(C)C)[C@@H](N5CC[C@H](C)CC5=O)C4)nc3)CC2)n1. The summed E-state index contributed by atoms with van der Waals surface area (Å²) in [7, 11) is 0. The fraction of sp³-hybridized carbons (Fsp3) is 0.758. The topological polar surface area (TPSA) is 139 Å². The van der Waals surface area contributed by atoms with Crippen molar-refractivity contribution in [2.45, 2.75) is 104 Å². The van der Waals surface area contributed by atoms with E-state index in [1.165, 1.54) is 0 Å². The number of anilines is 2. The van der Waals surface area contributed by atoms with Gasteiger partial charge in [0.25, 0.3) is 0 Å². The fourth-order valence-electron chi connectivity index (χ4n) is 6.61. The van der Waals surface area contributed by atoms with Gasteiger partial charge in [-0.2, -0.15) is 4.98 Å². The molecular formula is C33H52N8O5. The third-order valence-electron chi connectivity index (χ3n) is 9.40.